The monoisotopic (exact) mass is 254 g/mol. The second-order valence-electron chi connectivity index (χ2n) is 3.38. The standard InChI is InChI=1S/C10H11BrN2O/c1-7-6-12-10(14)13(7)9-4-2-8(11)3-5-9/h2-5,7H,6H2,1H3,(H,12,14). The quantitative estimate of drug-likeness (QED) is 0.820. The van der Waals surface area contributed by atoms with E-state index in [1.54, 1.807) is 4.90 Å². The summed E-state index contributed by atoms with van der Waals surface area (Å²) in [6.07, 6.45) is 0. The number of urea groups is 1. The van der Waals surface area contributed by atoms with Crippen molar-refractivity contribution in [3.05, 3.63) is 28.7 Å². The van der Waals surface area contributed by atoms with Gasteiger partial charge in [-0.1, -0.05) is 15.9 Å². The molecule has 3 nitrogen and oxygen atoms in total. The first-order valence-corrected chi connectivity index (χ1v) is 5.30. The number of rotatable bonds is 1. The highest BCUT2D eigenvalue weighted by Crippen LogP contribution is 2.22. The fourth-order valence-corrected chi connectivity index (χ4v) is 1.85. The largest absolute Gasteiger partial charge is 0.336 e. The zero-order chi connectivity index (χ0) is 10.1. The maximum absolute atomic E-state index is 11.5. The second-order valence-corrected chi connectivity index (χ2v) is 4.30. The maximum Gasteiger partial charge on any atom is 0.322 e. The Morgan fingerprint density at radius 2 is 2.07 bits per heavy atom. The van der Waals surface area contributed by atoms with Crippen LogP contribution >= 0.6 is 15.9 Å². The van der Waals surface area contributed by atoms with Gasteiger partial charge < -0.3 is 5.32 Å². The number of anilines is 1. The van der Waals surface area contributed by atoms with Crippen molar-refractivity contribution in [1.29, 1.82) is 0 Å². The fraction of sp³-hybridized carbons (Fsp3) is 0.300. The van der Waals surface area contributed by atoms with E-state index in [0.717, 1.165) is 16.7 Å². The van der Waals surface area contributed by atoms with Crippen molar-refractivity contribution in [1.82, 2.24) is 5.32 Å². The molecule has 1 saturated heterocycles. The van der Waals surface area contributed by atoms with Crippen LogP contribution in [0, 0.1) is 0 Å². The summed E-state index contributed by atoms with van der Waals surface area (Å²) in [6.45, 7) is 2.74. The van der Waals surface area contributed by atoms with Crippen LogP contribution in [0.4, 0.5) is 10.5 Å². The fourth-order valence-electron chi connectivity index (χ4n) is 1.59. The van der Waals surface area contributed by atoms with Gasteiger partial charge in [0.2, 0.25) is 0 Å². The first-order valence-electron chi connectivity index (χ1n) is 4.51. The van der Waals surface area contributed by atoms with Crippen LogP contribution < -0.4 is 10.2 Å². The predicted molar refractivity (Wildman–Crippen MR) is 59.5 cm³/mol. The number of nitrogens with zero attached hydrogens (tertiary/aromatic N) is 1. The first kappa shape index (κ1) is 9.52. The topological polar surface area (TPSA) is 32.3 Å². The molecule has 2 rings (SSSR count). The van der Waals surface area contributed by atoms with Crippen LogP contribution in [0.1, 0.15) is 6.92 Å². The molecule has 1 heterocycles. The Labute approximate surface area is 91.2 Å². The molecule has 2 amide bonds. The number of halogens is 1. The minimum absolute atomic E-state index is 0.0141. The van der Waals surface area contributed by atoms with E-state index in [9.17, 15) is 4.79 Å². The molecule has 1 aliphatic rings. The molecule has 1 fully saturated rings. The van der Waals surface area contributed by atoms with Crippen LogP contribution in [0.15, 0.2) is 28.7 Å². The average molecular weight is 255 g/mol. The lowest BCUT2D eigenvalue weighted by Gasteiger charge is -2.19. The van der Waals surface area contributed by atoms with Gasteiger partial charge >= 0.3 is 6.03 Å². The van der Waals surface area contributed by atoms with Crippen molar-refractivity contribution >= 4 is 27.6 Å². The summed E-state index contributed by atoms with van der Waals surface area (Å²) in [5.74, 6) is 0. The number of nitrogens with one attached hydrogen (secondary N) is 1. The number of hydrogen-bond acceptors (Lipinski definition) is 1. The normalized spacial score (nSPS) is 21.1. The minimum Gasteiger partial charge on any atom is -0.336 e. The van der Waals surface area contributed by atoms with Crippen molar-refractivity contribution < 1.29 is 4.79 Å². The lowest BCUT2D eigenvalue weighted by molar-refractivity contribution is 0.252. The molecule has 1 aliphatic heterocycles. The van der Waals surface area contributed by atoms with Gasteiger partial charge in [0.1, 0.15) is 0 Å². The highest BCUT2D eigenvalue weighted by atomic mass is 79.9. The molecule has 1 atom stereocenters. The Morgan fingerprint density at radius 3 is 2.57 bits per heavy atom. The Morgan fingerprint density at radius 1 is 1.43 bits per heavy atom. The van der Waals surface area contributed by atoms with Crippen LogP contribution in [-0.2, 0) is 0 Å². The van der Waals surface area contributed by atoms with Crippen LogP contribution in [-0.4, -0.2) is 18.6 Å². The third-order valence-corrected chi connectivity index (χ3v) is 2.84. The lowest BCUT2D eigenvalue weighted by atomic mass is 10.2. The molecule has 0 bridgehead atoms. The second kappa shape index (κ2) is 3.61. The van der Waals surface area contributed by atoms with Crippen LogP contribution in [0.5, 0.6) is 0 Å². The van der Waals surface area contributed by atoms with Gasteiger partial charge in [-0.05, 0) is 31.2 Å². The van der Waals surface area contributed by atoms with Gasteiger partial charge in [0, 0.05) is 16.7 Å². The van der Waals surface area contributed by atoms with Gasteiger partial charge in [-0.25, -0.2) is 4.79 Å². The molecular formula is C10H11BrN2O. The molecule has 1 aromatic carbocycles. The van der Waals surface area contributed by atoms with Crippen molar-refractivity contribution in [2.24, 2.45) is 0 Å². The Kier molecular flexibility index (Phi) is 2.46. The lowest BCUT2D eigenvalue weighted by Crippen LogP contribution is -2.32. The summed E-state index contributed by atoms with van der Waals surface area (Å²) < 4.78 is 1.02. The van der Waals surface area contributed by atoms with E-state index in [1.807, 2.05) is 31.2 Å². The predicted octanol–water partition coefficient (Wildman–Crippen LogP) is 2.37. The Hall–Kier alpha value is -1.03. The summed E-state index contributed by atoms with van der Waals surface area (Å²) in [5, 5.41) is 2.81. The van der Waals surface area contributed by atoms with Crippen molar-refractivity contribution in [2.75, 3.05) is 11.4 Å². The molecule has 0 aromatic heterocycles. The van der Waals surface area contributed by atoms with E-state index >= 15 is 0 Å². The number of benzene rings is 1. The first-order chi connectivity index (χ1) is 6.68. The third-order valence-electron chi connectivity index (χ3n) is 2.31. The molecular weight excluding hydrogens is 244 g/mol. The van der Waals surface area contributed by atoms with Gasteiger partial charge in [0.05, 0.1) is 6.04 Å². The zero-order valence-electron chi connectivity index (χ0n) is 7.83. The molecule has 0 spiro atoms. The Bertz CT molecular complexity index is 350. The van der Waals surface area contributed by atoms with Gasteiger partial charge in [-0.15, -0.1) is 0 Å². The molecule has 1 unspecified atom stereocenters. The van der Waals surface area contributed by atoms with Crippen LogP contribution in [0.3, 0.4) is 0 Å². The van der Waals surface area contributed by atoms with E-state index < -0.39 is 0 Å². The van der Waals surface area contributed by atoms with Crippen molar-refractivity contribution in [3.8, 4) is 0 Å². The third kappa shape index (κ3) is 1.62. The van der Waals surface area contributed by atoms with E-state index in [1.165, 1.54) is 0 Å². The van der Waals surface area contributed by atoms with Gasteiger partial charge in [-0.3, -0.25) is 4.90 Å². The summed E-state index contributed by atoms with van der Waals surface area (Å²) in [6, 6.07) is 7.96. The highest BCUT2D eigenvalue weighted by molar-refractivity contribution is 9.10. The number of amides is 2. The molecule has 74 valence electrons. The van der Waals surface area contributed by atoms with Crippen LogP contribution in [0.25, 0.3) is 0 Å². The van der Waals surface area contributed by atoms with E-state index in [4.69, 9.17) is 0 Å². The highest BCUT2D eigenvalue weighted by Gasteiger charge is 2.27. The molecule has 14 heavy (non-hydrogen) atoms. The summed E-state index contributed by atoms with van der Waals surface area (Å²) in [5.41, 5.74) is 0.940. The van der Waals surface area contributed by atoms with E-state index in [0.29, 0.717) is 0 Å². The van der Waals surface area contributed by atoms with Gasteiger partial charge in [0.25, 0.3) is 0 Å². The van der Waals surface area contributed by atoms with Crippen molar-refractivity contribution in [3.63, 3.8) is 0 Å². The average Bonchev–Trinajstić information content (AvgIpc) is 2.49. The van der Waals surface area contributed by atoms with Gasteiger partial charge in [-0.2, -0.15) is 0 Å². The molecule has 0 aliphatic carbocycles. The van der Waals surface area contributed by atoms with Gasteiger partial charge in [0.15, 0.2) is 0 Å². The SMILES string of the molecule is CC1CNC(=O)N1c1ccc(Br)cc1. The van der Waals surface area contributed by atoms with Crippen molar-refractivity contribution in [2.45, 2.75) is 13.0 Å². The zero-order valence-corrected chi connectivity index (χ0v) is 9.41. The molecule has 4 heteroatoms. The maximum atomic E-state index is 11.5. The Balaban J connectivity index is 2.30. The minimum atomic E-state index is -0.0141. The van der Waals surface area contributed by atoms with E-state index in [-0.39, 0.29) is 12.1 Å². The number of hydrogen-bond donors (Lipinski definition) is 1. The molecule has 0 saturated carbocycles. The molecule has 0 radical (unpaired) electrons. The number of carbonyl (C=O) groups is 1. The summed E-state index contributed by atoms with van der Waals surface area (Å²) >= 11 is 3.37. The summed E-state index contributed by atoms with van der Waals surface area (Å²) in [7, 11) is 0. The summed E-state index contributed by atoms with van der Waals surface area (Å²) in [4.78, 5) is 13.2. The van der Waals surface area contributed by atoms with Crippen LogP contribution in [0.2, 0.25) is 0 Å². The smallest absolute Gasteiger partial charge is 0.322 e. The number of carbonyl (C=O) groups excluding carboxylic acids is 1. The molecule has 1 aromatic rings. The molecule has 1 N–H and O–H groups in total. The van der Waals surface area contributed by atoms with E-state index in [2.05, 4.69) is 21.2 Å².